The summed E-state index contributed by atoms with van der Waals surface area (Å²) in [7, 11) is 0. The van der Waals surface area contributed by atoms with Crippen molar-refractivity contribution in [2.75, 3.05) is 12.5 Å². The molecule has 5 nitrogen and oxygen atoms in total. The van der Waals surface area contributed by atoms with Crippen molar-refractivity contribution in [3.63, 3.8) is 0 Å². The minimum atomic E-state index is 0.763. The normalized spacial score (nSPS) is 11.5. The highest BCUT2D eigenvalue weighted by molar-refractivity contribution is 7.99. The number of ether oxygens (including phenoxy) is 1. The summed E-state index contributed by atoms with van der Waals surface area (Å²) in [5.74, 6) is 2.42. The van der Waals surface area contributed by atoms with Gasteiger partial charge in [0.25, 0.3) is 0 Å². The van der Waals surface area contributed by atoms with Gasteiger partial charge in [-0.2, -0.15) is 5.10 Å². The van der Waals surface area contributed by atoms with E-state index < -0.39 is 0 Å². The maximum absolute atomic E-state index is 6.57. The van der Waals surface area contributed by atoms with E-state index >= 15 is 0 Å². The molecule has 7 heteroatoms. The van der Waals surface area contributed by atoms with Gasteiger partial charge in [-0.05, 0) is 117 Å². The molecule has 0 saturated carbocycles. The van der Waals surface area contributed by atoms with Gasteiger partial charge in [0.2, 0.25) is 0 Å². The molecule has 3 aromatic heterocycles. The number of pyridine rings is 1. The van der Waals surface area contributed by atoms with Crippen molar-refractivity contribution in [3.05, 3.63) is 119 Å². The highest BCUT2D eigenvalue weighted by atomic mass is 32.2. The smallest absolute Gasteiger partial charge is 0.137 e. The van der Waals surface area contributed by atoms with Crippen LogP contribution in [0.1, 0.15) is 27.8 Å². The molecule has 0 N–H and O–H groups in total. The highest BCUT2D eigenvalue weighted by Crippen LogP contribution is 2.44. The first-order valence-corrected chi connectivity index (χ1v) is 17.7. The molecular weight excluding hydrogens is 605 g/mol. The van der Waals surface area contributed by atoms with Crippen molar-refractivity contribution < 1.29 is 4.74 Å². The molecule has 0 atom stereocenters. The predicted octanol–water partition coefficient (Wildman–Crippen LogP) is 10.8. The quantitative estimate of drug-likeness (QED) is 0.162. The summed E-state index contributed by atoms with van der Waals surface area (Å²) in [4.78, 5) is 7.35. The summed E-state index contributed by atoms with van der Waals surface area (Å²) >= 11 is 3.61. The lowest BCUT2D eigenvalue weighted by Crippen LogP contribution is -1.98. The molecule has 230 valence electrons. The molecule has 7 rings (SSSR count). The zero-order chi connectivity index (χ0) is 32.1. The number of rotatable bonds is 7. The summed E-state index contributed by atoms with van der Waals surface area (Å²) in [5, 5.41) is 7.19. The Bertz CT molecular complexity index is 2250. The van der Waals surface area contributed by atoms with Gasteiger partial charge in [0.1, 0.15) is 17.3 Å². The van der Waals surface area contributed by atoms with E-state index in [1.807, 2.05) is 29.2 Å². The van der Waals surface area contributed by atoms with Crippen LogP contribution in [-0.2, 0) is 0 Å². The molecule has 46 heavy (non-hydrogen) atoms. The van der Waals surface area contributed by atoms with Gasteiger partial charge in [0.05, 0.1) is 22.9 Å². The SMILES string of the molecule is CSc1c(C)c(C)c(C)c(SC)c1-c1cnn(-c2cc(C)cc(Oc3ccc4c5ccccc5n(-c5cc(C)ccn5)c4c3)c2)c1. The molecule has 0 saturated heterocycles. The maximum Gasteiger partial charge on any atom is 0.137 e. The summed E-state index contributed by atoms with van der Waals surface area (Å²) < 4.78 is 10.7. The second-order valence-electron chi connectivity index (χ2n) is 11.8. The van der Waals surface area contributed by atoms with Crippen molar-refractivity contribution >= 4 is 45.3 Å². The van der Waals surface area contributed by atoms with E-state index in [4.69, 9.17) is 14.8 Å². The lowest BCUT2D eigenvalue weighted by molar-refractivity contribution is 0.482. The first-order chi connectivity index (χ1) is 22.3. The number of aryl methyl sites for hydroxylation is 2. The minimum Gasteiger partial charge on any atom is -0.457 e. The average molecular weight is 641 g/mol. The lowest BCUT2D eigenvalue weighted by atomic mass is 9.97. The first kappa shape index (κ1) is 30.2. The Morgan fingerprint density at radius 3 is 2.15 bits per heavy atom. The molecule has 0 radical (unpaired) electrons. The highest BCUT2D eigenvalue weighted by Gasteiger charge is 2.20. The second-order valence-corrected chi connectivity index (χ2v) is 13.5. The molecule has 0 bridgehead atoms. The number of thioether (sulfide) groups is 2. The van der Waals surface area contributed by atoms with Gasteiger partial charge in [-0.15, -0.1) is 23.5 Å². The van der Waals surface area contributed by atoms with Gasteiger partial charge in [-0.1, -0.05) is 18.2 Å². The topological polar surface area (TPSA) is 44.9 Å². The third-order valence-corrected chi connectivity index (χ3v) is 10.7. The van der Waals surface area contributed by atoms with E-state index in [2.05, 4.69) is 119 Å². The van der Waals surface area contributed by atoms with E-state index in [-0.39, 0.29) is 0 Å². The molecule has 0 fully saturated rings. The van der Waals surface area contributed by atoms with Gasteiger partial charge in [-0.25, -0.2) is 9.67 Å². The number of aromatic nitrogens is 4. The third-order valence-electron chi connectivity index (χ3n) is 8.85. The van der Waals surface area contributed by atoms with E-state index in [9.17, 15) is 0 Å². The monoisotopic (exact) mass is 640 g/mol. The Morgan fingerprint density at radius 2 is 1.41 bits per heavy atom. The summed E-state index contributed by atoms with van der Waals surface area (Å²) in [6.45, 7) is 10.9. The minimum absolute atomic E-state index is 0.763. The first-order valence-electron chi connectivity index (χ1n) is 15.3. The molecule has 0 aliphatic heterocycles. The molecule has 0 aliphatic carbocycles. The molecule has 0 spiro atoms. The van der Waals surface area contributed by atoms with E-state index in [1.54, 1.807) is 23.5 Å². The molecule has 4 aromatic carbocycles. The van der Waals surface area contributed by atoms with Crippen molar-refractivity contribution in [1.82, 2.24) is 19.3 Å². The number of nitrogens with zero attached hydrogens (tertiary/aromatic N) is 4. The van der Waals surface area contributed by atoms with Crippen LogP contribution in [0.15, 0.2) is 101 Å². The van der Waals surface area contributed by atoms with Crippen molar-refractivity contribution in [2.24, 2.45) is 0 Å². The fourth-order valence-corrected chi connectivity index (χ4v) is 8.26. The Balaban J connectivity index is 1.28. The maximum atomic E-state index is 6.57. The van der Waals surface area contributed by atoms with Crippen LogP contribution in [0.5, 0.6) is 11.5 Å². The standard InChI is InChI=1S/C39H36N4OS2/c1-23-14-15-40-36(18-23)43-34-11-9-8-10-32(34)33-13-12-30(20-35(33)43)44-31-17-24(2)16-29(19-31)42-22-28(21-41-42)37-38(45-6)26(4)25(3)27(5)39(37)46-7/h8-22H,1-7H3. The summed E-state index contributed by atoms with van der Waals surface area (Å²) in [5.41, 5.74) is 11.8. The third kappa shape index (κ3) is 5.17. The largest absolute Gasteiger partial charge is 0.457 e. The van der Waals surface area contributed by atoms with Crippen molar-refractivity contribution in [1.29, 1.82) is 0 Å². The van der Waals surface area contributed by atoms with Crippen LogP contribution in [0.2, 0.25) is 0 Å². The van der Waals surface area contributed by atoms with Gasteiger partial charge < -0.3 is 4.74 Å². The Morgan fingerprint density at radius 1 is 0.674 bits per heavy atom. The van der Waals surface area contributed by atoms with Crippen LogP contribution >= 0.6 is 23.5 Å². The Kier molecular flexibility index (Phi) is 7.91. The average Bonchev–Trinajstić information content (AvgIpc) is 3.66. The molecule has 0 amide bonds. The van der Waals surface area contributed by atoms with Crippen molar-refractivity contribution in [3.8, 4) is 34.1 Å². The Labute approximate surface area is 278 Å². The van der Waals surface area contributed by atoms with Gasteiger partial charge in [0, 0.05) is 56.2 Å². The van der Waals surface area contributed by atoms with Crippen LogP contribution in [0.3, 0.4) is 0 Å². The number of para-hydroxylation sites is 1. The fraction of sp³-hybridized carbons (Fsp3) is 0.179. The van der Waals surface area contributed by atoms with Gasteiger partial charge in [0.15, 0.2) is 0 Å². The fourth-order valence-electron chi connectivity index (χ4n) is 6.42. The number of hydrogen-bond donors (Lipinski definition) is 0. The molecule has 7 aromatic rings. The molecule has 0 aliphatic rings. The number of fused-ring (bicyclic) bond motifs is 3. The molecule has 0 unspecified atom stereocenters. The van der Waals surface area contributed by atoms with E-state index in [0.29, 0.717) is 0 Å². The second kappa shape index (κ2) is 12.0. The molecular formula is C39H36N4OS2. The van der Waals surface area contributed by atoms with Crippen LogP contribution < -0.4 is 4.74 Å². The summed E-state index contributed by atoms with van der Waals surface area (Å²) in [6, 6.07) is 25.2. The summed E-state index contributed by atoms with van der Waals surface area (Å²) in [6.07, 6.45) is 10.3. The number of hydrogen-bond acceptors (Lipinski definition) is 5. The van der Waals surface area contributed by atoms with Crippen LogP contribution in [0, 0.1) is 34.6 Å². The van der Waals surface area contributed by atoms with Gasteiger partial charge >= 0.3 is 0 Å². The molecule has 3 heterocycles. The van der Waals surface area contributed by atoms with Crippen molar-refractivity contribution in [2.45, 2.75) is 44.4 Å². The van der Waals surface area contributed by atoms with Crippen LogP contribution in [-0.4, -0.2) is 31.8 Å². The van der Waals surface area contributed by atoms with Crippen LogP contribution in [0.25, 0.3) is 44.4 Å². The Hall–Kier alpha value is -4.46. The zero-order valence-corrected chi connectivity index (χ0v) is 28.8. The lowest BCUT2D eigenvalue weighted by Gasteiger charge is -2.19. The van der Waals surface area contributed by atoms with E-state index in [1.165, 1.54) is 43.0 Å². The van der Waals surface area contributed by atoms with Crippen LogP contribution in [0.4, 0.5) is 0 Å². The zero-order valence-electron chi connectivity index (χ0n) is 27.2. The number of benzene rings is 4. The predicted molar refractivity (Wildman–Crippen MR) is 195 cm³/mol. The van der Waals surface area contributed by atoms with E-state index in [0.717, 1.165) is 50.6 Å². The van der Waals surface area contributed by atoms with Gasteiger partial charge in [-0.3, -0.25) is 4.57 Å².